The highest BCUT2D eigenvalue weighted by molar-refractivity contribution is 6.05. The lowest BCUT2D eigenvalue weighted by atomic mass is 10.1. The van der Waals surface area contributed by atoms with Crippen LogP contribution in [0.15, 0.2) is 67.0 Å². The van der Waals surface area contributed by atoms with Gasteiger partial charge in [-0.3, -0.25) is 4.79 Å². The Hall–Kier alpha value is -3.21. The van der Waals surface area contributed by atoms with Gasteiger partial charge in [-0.2, -0.15) is 0 Å². The number of rotatable bonds is 6. The van der Waals surface area contributed by atoms with Gasteiger partial charge in [0.1, 0.15) is 0 Å². The Labute approximate surface area is 153 Å². The molecule has 0 unspecified atom stereocenters. The van der Waals surface area contributed by atoms with Crippen molar-refractivity contribution in [1.29, 1.82) is 0 Å². The highest BCUT2D eigenvalue weighted by atomic mass is 16.2. The smallest absolute Gasteiger partial charge is 0.261 e. The Balaban J connectivity index is 1.68. The van der Waals surface area contributed by atoms with Crippen LogP contribution >= 0.6 is 0 Å². The van der Waals surface area contributed by atoms with Gasteiger partial charge in [-0.1, -0.05) is 42.5 Å². The van der Waals surface area contributed by atoms with E-state index in [-0.39, 0.29) is 5.91 Å². The van der Waals surface area contributed by atoms with Crippen LogP contribution in [-0.4, -0.2) is 22.4 Å². The van der Waals surface area contributed by atoms with Gasteiger partial charge >= 0.3 is 0 Å². The molecule has 5 heteroatoms. The van der Waals surface area contributed by atoms with Crippen LogP contribution in [-0.2, 0) is 6.54 Å². The van der Waals surface area contributed by atoms with Gasteiger partial charge in [-0.05, 0) is 37.1 Å². The van der Waals surface area contributed by atoms with Crippen LogP contribution in [0.25, 0.3) is 0 Å². The zero-order valence-corrected chi connectivity index (χ0v) is 15.0. The average Bonchev–Trinajstić information content (AvgIpc) is 2.69. The summed E-state index contributed by atoms with van der Waals surface area (Å²) in [6.07, 6.45) is 3.14. The maximum absolute atomic E-state index is 12.7. The first-order valence-electron chi connectivity index (χ1n) is 8.66. The molecule has 0 spiro atoms. The van der Waals surface area contributed by atoms with Crippen LogP contribution in [0.3, 0.4) is 0 Å². The second kappa shape index (κ2) is 8.25. The fraction of sp³-hybridized carbons (Fsp3) is 0.190. The summed E-state index contributed by atoms with van der Waals surface area (Å²) < 4.78 is 0. The predicted molar refractivity (Wildman–Crippen MR) is 104 cm³/mol. The second-order valence-electron chi connectivity index (χ2n) is 5.96. The van der Waals surface area contributed by atoms with E-state index in [2.05, 4.69) is 34.3 Å². The number of hydrogen-bond donors (Lipinski definition) is 1. The van der Waals surface area contributed by atoms with Crippen molar-refractivity contribution in [3.63, 3.8) is 0 Å². The summed E-state index contributed by atoms with van der Waals surface area (Å²) in [5.74, 6) is 0.400. The highest BCUT2D eigenvalue weighted by Crippen LogP contribution is 2.16. The molecule has 26 heavy (non-hydrogen) atoms. The van der Waals surface area contributed by atoms with Gasteiger partial charge in [0.25, 0.3) is 5.91 Å². The summed E-state index contributed by atoms with van der Waals surface area (Å²) in [4.78, 5) is 23.0. The number of aromatic nitrogens is 2. The van der Waals surface area contributed by atoms with E-state index in [0.717, 1.165) is 5.69 Å². The Morgan fingerprint density at radius 3 is 2.31 bits per heavy atom. The van der Waals surface area contributed by atoms with Crippen LogP contribution in [0.4, 0.5) is 11.6 Å². The van der Waals surface area contributed by atoms with Crippen molar-refractivity contribution in [1.82, 2.24) is 9.97 Å². The first kappa shape index (κ1) is 17.6. The largest absolute Gasteiger partial charge is 0.350 e. The minimum absolute atomic E-state index is 0.107. The minimum atomic E-state index is -0.107. The van der Waals surface area contributed by atoms with E-state index in [4.69, 9.17) is 0 Å². The molecule has 1 N–H and O–H groups in total. The maximum Gasteiger partial charge on any atom is 0.261 e. The van der Waals surface area contributed by atoms with Crippen LogP contribution in [0.1, 0.15) is 28.4 Å². The van der Waals surface area contributed by atoms with Crippen LogP contribution in [0, 0.1) is 6.92 Å². The van der Waals surface area contributed by atoms with E-state index in [1.54, 1.807) is 17.3 Å². The average molecular weight is 346 g/mol. The van der Waals surface area contributed by atoms with Crippen LogP contribution in [0.5, 0.6) is 0 Å². The van der Waals surface area contributed by atoms with Crippen LogP contribution in [0.2, 0.25) is 0 Å². The molecule has 0 aliphatic heterocycles. The molecule has 0 bridgehead atoms. The normalized spacial score (nSPS) is 10.4. The Morgan fingerprint density at radius 1 is 1.00 bits per heavy atom. The lowest BCUT2D eigenvalue weighted by Gasteiger charge is -2.20. The molecule has 0 aliphatic carbocycles. The summed E-state index contributed by atoms with van der Waals surface area (Å²) >= 11 is 0. The number of benzene rings is 2. The van der Waals surface area contributed by atoms with Gasteiger partial charge < -0.3 is 10.2 Å². The standard InChI is InChI=1S/C21H22N4O/c1-3-25(19-11-5-4-6-12-19)20(26)18-14-23-21(24-15-18)22-13-17-10-8-7-9-16(17)2/h4-12,14-15H,3,13H2,1-2H3,(H,22,23,24). The Kier molecular flexibility index (Phi) is 5.59. The van der Waals surface area contributed by atoms with Gasteiger partial charge in [-0.25, -0.2) is 9.97 Å². The van der Waals surface area contributed by atoms with Crippen molar-refractivity contribution in [3.05, 3.63) is 83.7 Å². The molecule has 0 radical (unpaired) electrons. The fourth-order valence-corrected chi connectivity index (χ4v) is 2.72. The Morgan fingerprint density at radius 2 is 1.65 bits per heavy atom. The summed E-state index contributed by atoms with van der Waals surface area (Å²) in [7, 11) is 0. The molecule has 1 aromatic heterocycles. The highest BCUT2D eigenvalue weighted by Gasteiger charge is 2.16. The molecular formula is C21H22N4O. The number of nitrogens with one attached hydrogen (secondary N) is 1. The summed E-state index contributed by atoms with van der Waals surface area (Å²) in [5, 5.41) is 3.20. The molecule has 1 amide bonds. The summed E-state index contributed by atoms with van der Waals surface area (Å²) in [6, 6.07) is 17.8. The molecule has 1 heterocycles. The number of anilines is 2. The molecule has 2 aromatic carbocycles. The minimum Gasteiger partial charge on any atom is -0.350 e. The van der Waals surface area contributed by atoms with E-state index in [1.807, 2.05) is 49.4 Å². The topological polar surface area (TPSA) is 58.1 Å². The van der Waals surface area contributed by atoms with E-state index in [9.17, 15) is 4.79 Å². The molecule has 3 aromatic rings. The monoisotopic (exact) mass is 346 g/mol. The third-order valence-corrected chi connectivity index (χ3v) is 4.23. The molecule has 5 nitrogen and oxygen atoms in total. The van der Waals surface area contributed by atoms with Crippen molar-refractivity contribution in [3.8, 4) is 0 Å². The van der Waals surface area contributed by atoms with Crippen molar-refractivity contribution >= 4 is 17.5 Å². The third kappa shape index (κ3) is 4.06. The first-order chi connectivity index (χ1) is 12.7. The number of para-hydroxylation sites is 1. The second-order valence-corrected chi connectivity index (χ2v) is 5.96. The molecular weight excluding hydrogens is 324 g/mol. The van der Waals surface area contributed by atoms with Gasteiger partial charge in [-0.15, -0.1) is 0 Å². The van der Waals surface area contributed by atoms with Crippen molar-refractivity contribution < 1.29 is 4.79 Å². The molecule has 132 valence electrons. The molecule has 0 saturated carbocycles. The zero-order valence-electron chi connectivity index (χ0n) is 15.0. The van der Waals surface area contributed by atoms with E-state index >= 15 is 0 Å². The number of carbonyl (C=O) groups is 1. The van der Waals surface area contributed by atoms with Crippen molar-refractivity contribution in [2.75, 3.05) is 16.8 Å². The number of amides is 1. The van der Waals surface area contributed by atoms with Gasteiger partial charge in [0.2, 0.25) is 5.95 Å². The quantitative estimate of drug-likeness (QED) is 0.731. The number of hydrogen-bond acceptors (Lipinski definition) is 4. The van der Waals surface area contributed by atoms with Gasteiger partial charge in [0, 0.05) is 31.2 Å². The fourth-order valence-electron chi connectivity index (χ4n) is 2.72. The molecule has 0 aliphatic rings. The first-order valence-corrected chi connectivity index (χ1v) is 8.66. The third-order valence-electron chi connectivity index (χ3n) is 4.23. The van der Waals surface area contributed by atoms with E-state index < -0.39 is 0 Å². The predicted octanol–water partition coefficient (Wildman–Crippen LogP) is 4.06. The molecule has 3 rings (SSSR count). The molecule has 0 saturated heterocycles. The van der Waals surface area contributed by atoms with Gasteiger partial charge in [0.15, 0.2) is 0 Å². The van der Waals surface area contributed by atoms with E-state index in [0.29, 0.717) is 24.6 Å². The lowest BCUT2D eigenvalue weighted by molar-refractivity contribution is 0.0987. The molecule has 0 fully saturated rings. The number of aryl methyl sites for hydroxylation is 1. The number of nitrogens with zero attached hydrogens (tertiary/aromatic N) is 3. The SMILES string of the molecule is CCN(C(=O)c1cnc(NCc2ccccc2C)nc1)c1ccccc1. The Bertz CT molecular complexity index is 863. The van der Waals surface area contributed by atoms with Crippen molar-refractivity contribution in [2.45, 2.75) is 20.4 Å². The van der Waals surface area contributed by atoms with Crippen LogP contribution < -0.4 is 10.2 Å². The maximum atomic E-state index is 12.7. The zero-order chi connectivity index (χ0) is 18.4. The van der Waals surface area contributed by atoms with Crippen molar-refractivity contribution in [2.24, 2.45) is 0 Å². The van der Waals surface area contributed by atoms with E-state index in [1.165, 1.54) is 11.1 Å². The lowest BCUT2D eigenvalue weighted by Crippen LogP contribution is -2.30. The number of carbonyl (C=O) groups excluding carboxylic acids is 1. The summed E-state index contributed by atoms with van der Waals surface area (Å²) in [6.45, 7) is 5.24. The van der Waals surface area contributed by atoms with Gasteiger partial charge in [0.05, 0.1) is 5.56 Å². The molecule has 0 atom stereocenters. The summed E-state index contributed by atoms with van der Waals surface area (Å²) in [5.41, 5.74) is 3.74.